The number of ether oxygens (including phenoxy) is 1. The van der Waals surface area contributed by atoms with Crippen LogP contribution in [0.3, 0.4) is 0 Å². The van der Waals surface area contributed by atoms with Crippen LogP contribution in [0.5, 0.6) is 0 Å². The third-order valence-corrected chi connectivity index (χ3v) is 4.77. The Morgan fingerprint density at radius 2 is 1.77 bits per heavy atom. The summed E-state index contributed by atoms with van der Waals surface area (Å²) in [6.07, 6.45) is 0.669. The first kappa shape index (κ1) is 21.5. The number of fused-ring (bicyclic) bond motifs is 1. The van der Waals surface area contributed by atoms with Gasteiger partial charge in [-0.15, -0.1) is 0 Å². The first-order valence-corrected chi connectivity index (χ1v) is 10.1. The molecule has 2 aromatic carbocycles. The van der Waals surface area contributed by atoms with Gasteiger partial charge in [0.15, 0.2) is 0 Å². The Morgan fingerprint density at radius 3 is 2.40 bits per heavy atom. The number of carbonyl (C=O) groups is 2. The van der Waals surface area contributed by atoms with Crippen LogP contribution in [0.1, 0.15) is 53.4 Å². The molecule has 0 unspecified atom stereocenters. The fourth-order valence-electron chi connectivity index (χ4n) is 3.16. The minimum Gasteiger partial charge on any atom is -0.459 e. The molecule has 1 heterocycles. The molecule has 1 aliphatic heterocycles. The highest BCUT2D eigenvalue weighted by molar-refractivity contribution is 7.80. The maximum atomic E-state index is 12.8. The molecule has 154 valence electrons. The summed E-state index contributed by atoms with van der Waals surface area (Å²) in [7, 11) is 0. The molecule has 0 saturated carbocycles. The van der Waals surface area contributed by atoms with E-state index in [4.69, 9.17) is 22.7 Å². The van der Waals surface area contributed by atoms with Crippen LogP contribution >= 0.6 is 12.2 Å². The summed E-state index contributed by atoms with van der Waals surface area (Å²) in [5.74, 6) is 5.68. The highest BCUT2D eigenvalue weighted by Gasteiger charge is 2.27. The number of nitrogens with zero attached hydrogens (tertiary/aromatic N) is 1. The summed E-state index contributed by atoms with van der Waals surface area (Å²) in [5, 5.41) is 0. The van der Waals surface area contributed by atoms with Gasteiger partial charge in [0.25, 0.3) is 5.91 Å². The van der Waals surface area contributed by atoms with E-state index in [9.17, 15) is 9.59 Å². The van der Waals surface area contributed by atoms with Crippen molar-refractivity contribution >= 4 is 29.1 Å². The zero-order chi connectivity index (χ0) is 21.9. The summed E-state index contributed by atoms with van der Waals surface area (Å²) >= 11 is 4.95. The second-order valence-corrected chi connectivity index (χ2v) is 8.57. The van der Waals surface area contributed by atoms with Crippen LogP contribution < -0.4 is 5.73 Å². The lowest BCUT2D eigenvalue weighted by molar-refractivity contribution is -0.155. The van der Waals surface area contributed by atoms with E-state index in [0.717, 1.165) is 22.3 Å². The summed E-state index contributed by atoms with van der Waals surface area (Å²) < 4.78 is 5.33. The van der Waals surface area contributed by atoms with Crippen LogP contribution in [0, 0.1) is 11.8 Å². The number of hydrogen-bond acceptors (Lipinski definition) is 4. The van der Waals surface area contributed by atoms with Crippen LogP contribution in [0.2, 0.25) is 0 Å². The summed E-state index contributed by atoms with van der Waals surface area (Å²) in [5.41, 5.74) is 9.08. The number of rotatable bonds is 3. The Hall–Kier alpha value is -3.17. The zero-order valence-electron chi connectivity index (χ0n) is 17.3. The predicted molar refractivity (Wildman–Crippen MR) is 120 cm³/mol. The molecule has 5 nitrogen and oxygen atoms in total. The van der Waals surface area contributed by atoms with Crippen LogP contribution in [0.4, 0.5) is 0 Å². The first-order chi connectivity index (χ1) is 14.1. The van der Waals surface area contributed by atoms with Crippen LogP contribution in [-0.4, -0.2) is 40.5 Å². The lowest BCUT2D eigenvalue weighted by Crippen LogP contribution is -2.42. The molecule has 6 heteroatoms. The molecule has 0 saturated heterocycles. The van der Waals surface area contributed by atoms with Gasteiger partial charge in [0, 0.05) is 28.8 Å². The molecule has 0 atom stereocenters. The van der Waals surface area contributed by atoms with Crippen LogP contribution in [0.25, 0.3) is 0 Å². The summed E-state index contributed by atoms with van der Waals surface area (Å²) in [4.78, 5) is 26.7. The van der Waals surface area contributed by atoms with E-state index >= 15 is 0 Å². The third kappa shape index (κ3) is 5.46. The van der Waals surface area contributed by atoms with Crippen molar-refractivity contribution in [1.82, 2.24) is 4.90 Å². The Bertz CT molecular complexity index is 1060. The molecule has 0 fully saturated rings. The van der Waals surface area contributed by atoms with Gasteiger partial charge >= 0.3 is 5.97 Å². The van der Waals surface area contributed by atoms with Crippen molar-refractivity contribution in [3.63, 3.8) is 0 Å². The number of hydrogen-bond donors (Lipinski definition) is 1. The van der Waals surface area contributed by atoms with Gasteiger partial charge in [0.1, 0.15) is 17.1 Å². The van der Waals surface area contributed by atoms with Gasteiger partial charge in [-0.2, -0.15) is 0 Å². The molecular weight excluding hydrogens is 396 g/mol. The third-order valence-electron chi connectivity index (χ3n) is 4.53. The van der Waals surface area contributed by atoms with E-state index in [-0.39, 0.29) is 12.5 Å². The molecule has 2 aromatic rings. The highest BCUT2D eigenvalue weighted by atomic mass is 32.1. The summed E-state index contributed by atoms with van der Waals surface area (Å²) in [6, 6.07) is 13.0. The smallest absolute Gasteiger partial charge is 0.326 e. The van der Waals surface area contributed by atoms with Crippen molar-refractivity contribution in [3.8, 4) is 11.8 Å². The van der Waals surface area contributed by atoms with Gasteiger partial charge in [0.05, 0.1) is 0 Å². The quantitative estimate of drug-likeness (QED) is 0.469. The molecule has 1 amide bonds. The Balaban J connectivity index is 1.71. The van der Waals surface area contributed by atoms with E-state index < -0.39 is 11.6 Å². The summed E-state index contributed by atoms with van der Waals surface area (Å²) in [6.45, 7) is 5.86. The molecule has 0 spiro atoms. The minimum absolute atomic E-state index is 0.0423. The molecule has 0 bridgehead atoms. The van der Waals surface area contributed by atoms with E-state index in [1.165, 1.54) is 4.90 Å². The number of amides is 1. The molecule has 0 radical (unpaired) electrons. The van der Waals surface area contributed by atoms with E-state index in [0.29, 0.717) is 23.5 Å². The molecule has 0 aliphatic carbocycles. The average molecular weight is 421 g/mol. The zero-order valence-corrected chi connectivity index (χ0v) is 18.1. The molecule has 30 heavy (non-hydrogen) atoms. The van der Waals surface area contributed by atoms with Crippen molar-refractivity contribution in [2.45, 2.75) is 32.8 Å². The van der Waals surface area contributed by atoms with Crippen molar-refractivity contribution < 1.29 is 14.3 Å². The van der Waals surface area contributed by atoms with Crippen molar-refractivity contribution in [2.24, 2.45) is 5.73 Å². The van der Waals surface area contributed by atoms with Gasteiger partial charge in [-0.3, -0.25) is 9.59 Å². The molecular formula is C24H24N2O3S. The molecule has 0 aromatic heterocycles. The SMILES string of the molecule is CC(C)(C)OC(=O)CN1CCc2cc(C#Cc3ccc(C(N)=S)cc3)ccc2C1=O. The number of nitrogens with two attached hydrogens (primary N) is 1. The van der Waals surface area contributed by atoms with Crippen molar-refractivity contribution in [1.29, 1.82) is 0 Å². The second kappa shape index (κ2) is 8.68. The number of esters is 1. The van der Waals surface area contributed by atoms with Gasteiger partial charge in [-0.1, -0.05) is 36.2 Å². The van der Waals surface area contributed by atoms with Crippen molar-refractivity contribution in [2.75, 3.05) is 13.1 Å². The van der Waals surface area contributed by atoms with Crippen LogP contribution in [0.15, 0.2) is 42.5 Å². The first-order valence-electron chi connectivity index (χ1n) is 9.68. The Kier molecular flexibility index (Phi) is 6.23. The number of thiocarbonyl (C=S) groups is 1. The van der Waals surface area contributed by atoms with Crippen LogP contribution in [-0.2, 0) is 16.0 Å². The molecule has 2 N–H and O–H groups in total. The maximum absolute atomic E-state index is 12.8. The standard InChI is InChI=1S/C24H24N2O3S/c1-24(2,3)29-21(27)15-26-13-12-19-14-17(8-11-20(19)23(26)28)5-4-16-6-9-18(10-7-16)22(25)30/h6-11,14H,12-13,15H2,1-3H3,(H2,25,30). The average Bonchev–Trinajstić information content (AvgIpc) is 2.67. The van der Waals surface area contributed by atoms with Crippen molar-refractivity contribution in [3.05, 3.63) is 70.3 Å². The Morgan fingerprint density at radius 1 is 1.13 bits per heavy atom. The van der Waals surface area contributed by atoms with E-state index in [1.807, 2.05) is 57.2 Å². The fraction of sp³-hybridized carbons (Fsp3) is 0.292. The Labute approximate surface area is 182 Å². The molecule has 3 rings (SSSR count). The number of carbonyl (C=O) groups excluding carboxylic acids is 2. The lowest BCUT2D eigenvalue weighted by Gasteiger charge is -2.29. The van der Waals surface area contributed by atoms with Gasteiger partial charge < -0.3 is 15.4 Å². The normalized spacial score (nSPS) is 13.2. The van der Waals surface area contributed by atoms with E-state index in [1.54, 1.807) is 6.07 Å². The van der Waals surface area contributed by atoms with E-state index in [2.05, 4.69) is 11.8 Å². The highest BCUT2D eigenvalue weighted by Crippen LogP contribution is 2.21. The second-order valence-electron chi connectivity index (χ2n) is 8.13. The minimum atomic E-state index is -0.571. The lowest BCUT2D eigenvalue weighted by atomic mass is 9.96. The topological polar surface area (TPSA) is 72.6 Å². The van der Waals surface area contributed by atoms with Gasteiger partial charge in [0.2, 0.25) is 0 Å². The largest absolute Gasteiger partial charge is 0.459 e. The fourth-order valence-corrected chi connectivity index (χ4v) is 3.29. The molecule has 1 aliphatic rings. The number of benzene rings is 2. The predicted octanol–water partition coefficient (Wildman–Crippen LogP) is 3.06. The monoisotopic (exact) mass is 420 g/mol. The maximum Gasteiger partial charge on any atom is 0.326 e. The van der Waals surface area contributed by atoms with Gasteiger partial charge in [-0.25, -0.2) is 0 Å². The van der Waals surface area contributed by atoms with Gasteiger partial charge in [-0.05, 0) is 63.1 Å².